The van der Waals surface area contributed by atoms with E-state index in [0.29, 0.717) is 25.5 Å². The third-order valence-electron chi connectivity index (χ3n) is 9.20. The number of aromatic amines is 2. The van der Waals surface area contributed by atoms with Gasteiger partial charge in [-0.25, -0.2) is 14.8 Å². The fraction of sp³-hybridized carbons (Fsp3) is 0.405. The number of carbonyl (C=O) groups excluding carboxylic acids is 3. The summed E-state index contributed by atoms with van der Waals surface area (Å²) in [5.41, 5.74) is 5.40. The lowest BCUT2D eigenvalue weighted by Gasteiger charge is -2.29. The molecule has 1 aliphatic rings. The number of likely N-dealkylation sites (N-methyl/N-ethyl adjacent to an activating group) is 1. The lowest BCUT2D eigenvalue weighted by molar-refractivity contribution is -0.135. The third kappa shape index (κ3) is 7.78. The van der Waals surface area contributed by atoms with Gasteiger partial charge in [0, 0.05) is 30.6 Å². The number of likely N-dealkylation sites (tertiary alicyclic amines) is 1. The van der Waals surface area contributed by atoms with E-state index in [1.807, 2.05) is 31.0 Å². The first-order valence-corrected chi connectivity index (χ1v) is 17.2. The number of pyridine rings is 1. The average Bonchev–Trinajstić information content (AvgIpc) is 3.89. The van der Waals surface area contributed by atoms with Gasteiger partial charge in [0.2, 0.25) is 11.8 Å². The number of hydrogen-bond donors (Lipinski definition) is 5. The van der Waals surface area contributed by atoms with Crippen molar-refractivity contribution < 1.29 is 19.1 Å². The van der Waals surface area contributed by atoms with Crippen molar-refractivity contribution in [3.05, 3.63) is 66.5 Å². The molecule has 1 fully saturated rings. The van der Waals surface area contributed by atoms with Crippen molar-refractivity contribution in [2.45, 2.75) is 58.0 Å². The van der Waals surface area contributed by atoms with Gasteiger partial charge in [-0.05, 0) is 67.6 Å². The minimum absolute atomic E-state index is 0.0101. The van der Waals surface area contributed by atoms with Crippen LogP contribution in [-0.2, 0) is 20.7 Å². The van der Waals surface area contributed by atoms with Gasteiger partial charge in [0.15, 0.2) is 0 Å². The molecule has 13 nitrogen and oxygen atoms in total. The fourth-order valence-corrected chi connectivity index (χ4v) is 6.51. The van der Waals surface area contributed by atoms with Crippen LogP contribution in [0.15, 0.2) is 54.9 Å². The van der Waals surface area contributed by atoms with Crippen molar-refractivity contribution in [1.29, 1.82) is 0 Å². The molecule has 6 rings (SSSR count). The Morgan fingerprint density at radius 3 is 2.54 bits per heavy atom. The molecular weight excluding hydrogens is 634 g/mol. The highest BCUT2D eigenvalue weighted by molar-refractivity contribution is 5.91. The summed E-state index contributed by atoms with van der Waals surface area (Å²) in [6.45, 7) is 5.39. The molecule has 5 N–H and O–H groups in total. The number of aryl methyl sites for hydroxylation is 1. The van der Waals surface area contributed by atoms with Crippen molar-refractivity contribution in [1.82, 2.24) is 45.8 Å². The number of amides is 3. The van der Waals surface area contributed by atoms with E-state index in [0.717, 1.165) is 82.2 Å². The quantitative estimate of drug-likeness (QED) is 0.110. The van der Waals surface area contributed by atoms with Crippen LogP contribution in [0.25, 0.3) is 44.3 Å². The predicted molar refractivity (Wildman–Crippen MR) is 192 cm³/mol. The van der Waals surface area contributed by atoms with Crippen molar-refractivity contribution >= 4 is 39.7 Å². The summed E-state index contributed by atoms with van der Waals surface area (Å²) in [4.78, 5) is 60.0. The lowest BCUT2D eigenvalue weighted by atomic mass is 10.0. The number of unbranched alkanes of at least 4 members (excludes halogenated alkanes) is 1. The number of alkyl carbamates (subject to hydrolysis) is 1. The zero-order valence-corrected chi connectivity index (χ0v) is 29.0. The molecular formula is C37H45N9O4. The molecule has 0 spiro atoms. The number of carbonyl (C=O) groups is 3. The Hall–Kier alpha value is -5.30. The van der Waals surface area contributed by atoms with Crippen LogP contribution in [0.3, 0.4) is 0 Å². The summed E-state index contributed by atoms with van der Waals surface area (Å²) < 4.78 is 4.76. The number of H-pyrrole nitrogens is 2. The number of benzene rings is 2. The lowest BCUT2D eigenvalue weighted by Crippen LogP contribution is -2.51. The predicted octanol–water partition coefficient (Wildman–Crippen LogP) is 4.87. The maximum absolute atomic E-state index is 13.6. The zero-order chi connectivity index (χ0) is 35.2. The number of methoxy groups -OCH3 is 1. The highest BCUT2D eigenvalue weighted by Crippen LogP contribution is 2.34. The molecule has 5 aromatic rings. The third-order valence-corrected chi connectivity index (χ3v) is 9.20. The smallest absolute Gasteiger partial charge is 0.407 e. The highest BCUT2D eigenvalue weighted by atomic mass is 16.5. The van der Waals surface area contributed by atoms with Crippen LogP contribution in [-0.4, -0.2) is 87.6 Å². The topological polar surface area (TPSA) is 170 Å². The van der Waals surface area contributed by atoms with E-state index in [4.69, 9.17) is 14.7 Å². The van der Waals surface area contributed by atoms with Gasteiger partial charge in [-0.2, -0.15) is 0 Å². The van der Waals surface area contributed by atoms with Gasteiger partial charge in [-0.1, -0.05) is 38.1 Å². The van der Waals surface area contributed by atoms with E-state index >= 15 is 0 Å². The van der Waals surface area contributed by atoms with E-state index in [9.17, 15) is 14.4 Å². The summed E-state index contributed by atoms with van der Waals surface area (Å²) in [6, 6.07) is 13.7. The fourth-order valence-electron chi connectivity index (χ4n) is 6.51. The van der Waals surface area contributed by atoms with Gasteiger partial charge in [-0.15, -0.1) is 0 Å². The van der Waals surface area contributed by atoms with Crippen LogP contribution < -0.4 is 16.0 Å². The Balaban J connectivity index is 1.13. The second-order valence-electron chi connectivity index (χ2n) is 13.1. The van der Waals surface area contributed by atoms with E-state index in [1.54, 1.807) is 13.2 Å². The van der Waals surface area contributed by atoms with Crippen LogP contribution in [0.2, 0.25) is 0 Å². The molecule has 2 aromatic carbocycles. The van der Waals surface area contributed by atoms with E-state index in [1.165, 1.54) is 7.11 Å². The summed E-state index contributed by atoms with van der Waals surface area (Å²) in [5, 5.41) is 10.7. The molecule has 3 amide bonds. The molecule has 3 aromatic heterocycles. The number of rotatable bonds is 13. The number of aromatic nitrogens is 5. The number of ether oxygens (including phenoxy) is 1. The highest BCUT2D eigenvalue weighted by Gasteiger charge is 2.37. The SMILES string of the molecule is CNCC(=O)NCCCCc1ncc(-c2ccc3cc(-c4cc5nc(C6CCCN6C(=O)C(NC(=O)OC)C(C)C)[nH]c5cn4)ccc3c2)[nH]1. The number of imidazole rings is 2. The van der Waals surface area contributed by atoms with Crippen LogP contribution in [0.1, 0.15) is 57.2 Å². The van der Waals surface area contributed by atoms with E-state index < -0.39 is 12.1 Å². The maximum atomic E-state index is 13.6. The maximum Gasteiger partial charge on any atom is 0.407 e. The van der Waals surface area contributed by atoms with Crippen LogP contribution >= 0.6 is 0 Å². The van der Waals surface area contributed by atoms with Gasteiger partial charge in [0.1, 0.15) is 17.7 Å². The Morgan fingerprint density at radius 1 is 1.00 bits per heavy atom. The molecule has 13 heteroatoms. The monoisotopic (exact) mass is 679 g/mol. The number of fused-ring (bicyclic) bond motifs is 2. The minimum Gasteiger partial charge on any atom is -0.453 e. The molecule has 1 aliphatic heterocycles. The Labute approximate surface area is 291 Å². The van der Waals surface area contributed by atoms with Crippen molar-refractivity contribution in [2.24, 2.45) is 5.92 Å². The average molecular weight is 680 g/mol. The standard InChI is InChI=1S/C37H45N9O4/c1-22(2)34(45-37(49)50-4)36(48)46-15-7-8-31(46)35-43-28-18-27(40-20-30(28)44-35)25-12-10-24-17-26(13-11-23(24)16-25)29-19-41-32(42-29)9-5-6-14-39-33(47)21-38-3/h10-13,16-20,22,31,34,38H,5-9,14-15,21H2,1-4H3,(H,39,47)(H,41,42)(H,43,44)(H,45,49). The van der Waals surface area contributed by atoms with Gasteiger partial charge in [0.25, 0.3) is 0 Å². The molecule has 4 heterocycles. The van der Waals surface area contributed by atoms with Crippen molar-refractivity contribution in [3.8, 4) is 22.5 Å². The summed E-state index contributed by atoms with van der Waals surface area (Å²) >= 11 is 0. The molecule has 262 valence electrons. The summed E-state index contributed by atoms with van der Waals surface area (Å²) in [6.07, 6.45) is 7.31. The zero-order valence-electron chi connectivity index (χ0n) is 29.0. The Bertz CT molecular complexity index is 1980. The summed E-state index contributed by atoms with van der Waals surface area (Å²) in [5.74, 6) is 1.41. The van der Waals surface area contributed by atoms with Gasteiger partial charge in [0.05, 0.1) is 54.5 Å². The molecule has 0 bridgehead atoms. The van der Waals surface area contributed by atoms with Crippen LogP contribution in [0.4, 0.5) is 4.79 Å². The van der Waals surface area contributed by atoms with Crippen LogP contribution in [0.5, 0.6) is 0 Å². The largest absolute Gasteiger partial charge is 0.453 e. The molecule has 0 radical (unpaired) electrons. The molecule has 2 unspecified atom stereocenters. The molecule has 0 saturated carbocycles. The number of nitrogens with zero attached hydrogens (tertiary/aromatic N) is 4. The van der Waals surface area contributed by atoms with Gasteiger partial charge >= 0.3 is 6.09 Å². The van der Waals surface area contributed by atoms with E-state index in [2.05, 4.69) is 67.3 Å². The molecule has 1 saturated heterocycles. The Kier molecular flexibility index (Phi) is 10.7. The van der Waals surface area contributed by atoms with Gasteiger partial charge in [-0.3, -0.25) is 14.6 Å². The normalized spacial score (nSPS) is 15.1. The second kappa shape index (κ2) is 15.5. The first-order valence-electron chi connectivity index (χ1n) is 17.2. The van der Waals surface area contributed by atoms with Gasteiger partial charge < -0.3 is 35.6 Å². The number of hydrogen-bond acceptors (Lipinski definition) is 8. The minimum atomic E-state index is -0.687. The Morgan fingerprint density at radius 2 is 1.78 bits per heavy atom. The van der Waals surface area contributed by atoms with Crippen molar-refractivity contribution in [2.75, 3.05) is 33.8 Å². The van der Waals surface area contributed by atoms with Crippen LogP contribution in [0, 0.1) is 5.92 Å². The summed E-state index contributed by atoms with van der Waals surface area (Å²) in [7, 11) is 3.05. The number of nitrogens with one attached hydrogen (secondary N) is 5. The molecule has 50 heavy (non-hydrogen) atoms. The molecule has 0 aliphatic carbocycles. The first kappa shape index (κ1) is 34.6. The molecule has 2 atom stereocenters. The van der Waals surface area contributed by atoms with Crippen molar-refractivity contribution in [3.63, 3.8) is 0 Å². The first-order chi connectivity index (χ1) is 24.2. The van der Waals surface area contributed by atoms with E-state index in [-0.39, 0.29) is 23.8 Å². The second-order valence-corrected chi connectivity index (χ2v) is 13.1.